The molecule has 0 spiro atoms. The van der Waals surface area contributed by atoms with Crippen molar-refractivity contribution >= 4 is 11.9 Å². The van der Waals surface area contributed by atoms with E-state index in [1.165, 1.54) is 32.8 Å². The van der Waals surface area contributed by atoms with Crippen molar-refractivity contribution in [3.05, 3.63) is 0 Å². The molecule has 1 saturated heterocycles. The average molecular weight is 267 g/mol. The molecule has 2 rings (SSSR count). The van der Waals surface area contributed by atoms with Gasteiger partial charge in [0.25, 0.3) is 0 Å². The van der Waals surface area contributed by atoms with Gasteiger partial charge in [-0.15, -0.1) is 0 Å². The van der Waals surface area contributed by atoms with Gasteiger partial charge in [0.05, 0.1) is 13.0 Å². The van der Waals surface area contributed by atoms with Crippen LogP contribution in [0.4, 0.5) is 0 Å². The van der Waals surface area contributed by atoms with Gasteiger partial charge in [0.2, 0.25) is 5.91 Å². The van der Waals surface area contributed by atoms with Crippen molar-refractivity contribution in [2.24, 2.45) is 11.8 Å². The van der Waals surface area contributed by atoms with Crippen molar-refractivity contribution in [2.45, 2.75) is 51.4 Å². The summed E-state index contributed by atoms with van der Waals surface area (Å²) >= 11 is 0. The number of hydrogen-bond donors (Lipinski definition) is 0. The molecule has 1 amide bonds. The van der Waals surface area contributed by atoms with Gasteiger partial charge in [0.15, 0.2) is 0 Å². The molecule has 0 N–H and O–H groups in total. The first-order valence-electron chi connectivity index (χ1n) is 7.56. The van der Waals surface area contributed by atoms with Crippen molar-refractivity contribution in [1.29, 1.82) is 0 Å². The molecule has 108 valence electrons. The largest absolute Gasteiger partial charge is 0.469 e. The van der Waals surface area contributed by atoms with Crippen LogP contribution in [-0.4, -0.2) is 37.0 Å². The fourth-order valence-corrected chi connectivity index (χ4v) is 3.32. The van der Waals surface area contributed by atoms with E-state index in [0.29, 0.717) is 19.5 Å². The lowest BCUT2D eigenvalue weighted by molar-refractivity contribution is -0.148. The zero-order valence-corrected chi connectivity index (χ0v) is 11.9. The van der Waals surface area contributed by atoms with E-state index in [9.17, 15) is 9.59 Å². The Hall–Kier alpha value is -1.06. The fourth-order valence-electron chi connectivity index (χ4n) is 3.32. The van der Waals surface area contributed by atoms with E-state index in [0.717, 1.165) is 25.2 Å². The maximum Gasteiger partial charge on any atom is 0.308 e. The second-order valence-corrected chi connectivity index (χ2v) is 5.87. The predicted molar refractivity (Wildman–Crippen MR) is 72.5 cm³/mol. The van der Waals surface area contributed by atoms with Gasteiger partial charge in [-0.3, -0.25) is 9.59 Å². The number of esters is 1. The van der Waals surface area contributed by atoms with Crippen LogP contribution in [0.5, 0.6) is 0 Å². The summed E-state index contributed by atoms with van der Waals surface area (Å²) in [7, 11) is 1.43. The van der Waals surface area contributed by atoms with Gasteiger partial charge in [-0.2, -0.15) is 0 Å². The zero-order chi connectivity index (χ0) is 13.7. The number of rotatable bonds is 4. The lowest BCUT2D eigenvalue weighted by atomic mass is 9.96. The molecule has 19 heavy (non-hydrogen) atoms. The first-order valence-corrected chi connectivity index (χ1v) is 7.56. The molecule has 1 aliphatic carbocycles. The number of carbonyl (C=O) groups excluding carboxylic acids is 2. The average Bonchev–Trinajstić information content (AvgIpc) is 2.97. The van der Waals surface area contributed by atoms with Crippen molar-refractivity contribution in [3.63, 3.8) is 0 Å². The minimum absolute atomic E-state index is 0.0103. The fraction of sp³-hybridized carbons (Fsp3) is 0.867. The summed E-state index contributed by atoms with van der Waals surface area (Å²) in [5, 5.41) is 0. The molecule has 0 atom stereocenters. The lowest BCUT2D eigenvalue weighted by Crippen LogP contribution is -2.40. The van der Waals surface area contributed by atoms with Crippen molar-refractivity contribution in [3.8, 4) is 0 Å². The molecular formula is C15H25NO3. The Bertz CT molecular complexity index is 315. The summed E-state index contributed by atoms with van der Waals surface area (Å²) in [5.41, 5.74) is 0. The number of amides is 1. The van der Waals surface area contributed by atoms with Crippen molar-refractivity contribution < 1.29 is 14.3 Å². The van der Waals surface area contributed by atoms with Crippen LogP contribution in [0.1, 0.15) is 51.4 Å². The van der Waals surface area contributed by atoms with Gasteiger partial charge in [0, 0.05) is 19.5 Å². The van der Waals surface area contributed by atoms with E-state index in [1.807, 2.05) is 4.90 Å². The molecular weight excluding hydrogens is 242 g/mol. The van der Waals surface area contributed by atoms with E-state index in [4.69, 9.17) is 4.74 Å². The van der Waals surface area contributed by atoms with Crippen molar-refractivity contribution in [1.82, 2.24) is 4.90 Å². The Morgan fingerprint density at radius 3 is 2.32 bits per heavy atom. The van der Waals surface area contributed by atoms with Crippen LogP contribution >= 0.6 is 0 Å². The second kappa shape index (κ2) is 6.92. The number of hydrogen-bond acceptors (Lipinski definition) is 3. The molecule has 2 fully saturated rings. The number of carbonyl (C=O) groups is 2. The first-order chi connectivity index (χ1) is 9.20. The van der Waals surface area contributed by atoms with E-state index in [1.54, 1.807) is 0 Å². The maximum absolute atomic E-state index is 12.1. The Morgan fingerprint density at radius 1 is 1.11 bits per heavy atom. The predicted octanol–water partition coefficient (Wildman–Crippen LogP) is 2.37. The third-order valence-electron chi connectivity index (χ3n) is 4.62. The molecule has 0 aromatic rings. The standard InChI is InChI=1S/C15H25NO3/c1-19-15(18)13-8-10-16(11-9-13)14(17)7-6-12-4-2-3-5-12/h12-13H,2-11H2,1H3. The minimum atomic E-state index is -0.127. The summed E-state index contributed by atoms with van der Waals surface area (Å²) in [6.45, 7) is 1.42. The molecule has 1 aliphatic heterocycles. The second-order valence-electron chi connectivity index (χ2n) is 5.87. The molecule has 4 nitrogen and oxygen atoms in total. The minimum Gasteiger partial charge on any atom is -0.469 e. The number of methoxy groups -OCH3 is 1. The number of ether oxygens (including phenoxy) is 1. The van der Waals surface area contributed by atoms with E-state index < -0.39 is 0 Å². The van der Waals surface area contributed by atoms with Crippen LogP contribution in [0.25, 0.3) is 0 Å². The van der Waals surface area contributed by atoms with Crippen LogP contribution < -0.4 is 0 Å². The van der Waals surface area contributed by atoms with Gasteiger partial charge in [-0.05, 0) is 25.2 Å². The molecule has 0 unspecified atom stereocenters. The topological polar surface area (TPSA) is 46.6 Å². The molecule has 4 heteroatoms. The molecule has 0 radical (unpaired) electrons. The van der Waals surface area contributed by atoms with Gasteiger partial charge >= 0.3 is 5.97 Å². The van der Waals surface area contributed by atoms with Gasteiger partial charge in [0.1, 0.15) is 0 Å². The van der Waals surface area contributed by atoms with Crippen LogP contribution in [-0.2, 0) is 14.3 Å². The van der Waals surface area contributed by atoms with Gasteiger partial charge in [-0.25, -0.2) is 0 Å². The van der Waals surface area contributed by atoms with Gasteiger partial charge < -0.3 is 9.64 Å². The highest BCUT2D eigenvalue weighted by molar-refractivity contribution is 5.77. The zero-order valence-electron chi connectivity index (χ0n) is 11.9. The molecule has 1 heterocycles. The van der Waals surface area contributed by atoms with E-state index >= 15 is 0 Å². The maximum atomic E-state index is 12.1. The van der Waals surface area contributed by atoms with E-state index in [2.05, 4.69) is 0 Å². The van der Waals surface area contributed by atoms with E-state index in [-0.39, 0.29) is 17.8 Å². The molecule has 0 bridgehead atoms. The summed E-state index contributed by atoms with van der Waals surface area (Å²) in [4.78, 5) is 25.5. The first kappa shape index (κ1) is 14.4. The Morgan fingerprint density at radius 2 is 1.74 bits per heavy atom. The summed E-state index contributed by atoms with van der Waals surface area (Å²) in [6.07, 6.45) is 8.52. The highest BCUT2D eigenvalue weighted by atomic mass is 16.5. The molecule has 2 aliphatic rings. The molecule has 0 aromatic heterocycles. The smallest absolute Gasteiger partial charge is 0.308 e. The number of piperidine rings is 1. The third kappa shape index (κ3) is 3.95. The third-order valence-corrected chi connectivity index (χ3v) is 4.62. The van der Waals surface area contributed by atoms with Crippen LogP contribution in [0.15, 0.2) is 0 Å². The summed E-state index contributed by atoms with van der Waals surface area (Å²) < 4.78 is 4.76. The lowest BCUT2D eigenvalue weighted by Gasteiger charge is -2.31. The van der Waals surface area contributed by atoms with Gasteiger partial charge in [-0.1, -0.05) is 25.7 Å². The monoisotopic (exact) mass is 267 g/mol. The Labute approximate surface area is 115 Å². The quantitative estimate of drug-likeness (QED) is 0.735. The van der Waals surface area contributed by atoms with Crippen LogP contribution in [0.2, 0.25) is 0 Å². The van der Waals surface area contributed by atoms with Crippen LogP contribution in [0.3, 0.4) is 0 Å². The Balaban J connectivity index is 1.68. The van der Waals surface area contributed by atoms with Crippen LogP contribution in [0, 0.1) is 11.8 Å². The number of nitrogens with zero attached hydrogens (tertiary/aromatic N) is 1. The SMILES string of the molecule is COC(=O)C1CCN(C(=O)CCC2CCCC2)CC1. The normalized spacial score (nSPS) is 21.6. The summed E-state index contributed by atoms with van der Waals surface area (Å²) in [5.74, 6) is 0.911. The number of likely N-dealkylation sites (tertiary alicyclic amines) is 1. The highest BCUT2D eigenvalue weighted by Crippen LogP contribution is 2.29. The Kier molecular flexibility index (Phi) is 5.23. The van der Waals surface area contributed by atoms with Crippen molar-refractivity contribution in [2.75, 3.05) is 20.2 Å². The summed E-state index contributed by atoms with van der Waals surface area (Å²) in [6, 6.07) is 0. The molecule has 0 aromatic carbocycles. The highest BCUT2D eigenvalue weighted by Gasteiger charge is 2.28. The molecule has 1 saturated carbocycles.